The van der Waals surface area contributed by atoms with Crippen molar-refractivity contribution in [1.82, 2.24) is 4.90 Å². The molecule has 0 amide bonds. The topological polar surface area (TPSA) is 37.4 Å². The molecule has 0 aliphatic carbocycles. The molecule has 1 unspecified atom stereocenters. The van der Waals surface area contributed by atoms with Gasteiger partial charge in [0.2, 0.25) is 0 Å². The molecule has 0 N–H and O–H groups in total. The summed E-state index contributed by atoms with van der Waals surface area (Å²) in [7, 11) is -1.07. The van der Waals surface area contributed by atoms with Crippen LogP contribution in [0.1, 0.15) is 6.42 Å². The molecule has 3 nitrogen and oxygen atoms in total. The molecule has 13 heavy (non-hydrogen) atoms. The van der Waals surface area contributed by atoms with Gasteiger partial charge in [-0.1, -0.05) is 4.32 Å². The molecule has 0 aromatic rings. The predicted molar refractivity (Wildman–Crippen MR) is 54.8 cm³/mol. The first-order valence-corrected chi connectivity index (χ1v) is 6.20. The van der Waals surface area contributed by atoms with E-state index in [0.29, 0.717) is 10.7 Å². The molecule has 0 bridgehead atoms. The maximum absolute atomic E-state index is 11.1. The molecule has 0 aromatic heterocycles. The van der Waals surface area contributed by atoms with Crippen molar-refractivity contribution in [1.29, 1.82) is 0 Å². The van der Waals surface area contributed by atoms with Gasteiger partial charge in [0.25, 0.3) is 0 Å². The summed E-state index contributed by atoms with van der Waals surface area (Å²) in [5.74, 6) is 0.459. The number of hydrogen-bond donors (Lipinski definition) is 0. The number of rotatable bonds is 1. The van der Waals surface area contributed by atoms with Gasteiger partial charge in [-0.3, -0.25) is 0 Å². The van der Waals surface area contributed by atoms with Crippen molar-refractivity contribution < 1.29 is 38.0 Å². The van der Waals surface area contributed by atoms with Crippen LogP contribution in [0.3, 0.4) is 0 Å². The Kier molecular flexibility index (Phi) is 5.66. The van der Waals surface area contributed by atoms with E-state index < -0.39 is 9.84 Å². The van der Waals surface area contributed by atoms with E-state index in [9.17, 15) is 8.42 Å². The Morgan fingerprint density at radius 3 is 2.46 bits per heavy atom. The fourth-order valence-corrected chi connectivity index (χ4v) is 3.30. The fourth-order valence-electron chi connectivity index (χ4n) is 1.23. The molecule has 0 aromatic carbocycles. The van der Waals surface area contributed by atoms with Crippen LogP contribution in [0.2, 0.25) is 0 Å². The molecule has 70 valence electrons. The molecule has 1 atom stereocenters. The Labute approximate surface area is 112 Å². The summed E-state index contributed by atoms with van der Waals surface area (Å²) in [5.41, 5.74) is 0. The summed E-state index contributed by atoms with van der Waals surface area (Å²) in [6.07, 6.45) is 0.648. The Morgan fingerprint density at radius 1 is 1.62 bits per heavy atom. The van der Waals surface area contributed by atoms with Gasteiger partial charge in [0, 0.05) is 13.1 Å². The summed E-state index contributed by atoms with van der Waals surface area (Å²) < 4.78 is 22.5. The zero-order chi connectivity index (χ0) is 9.35. The van der Waals surface area contributed by atoms with Crippen molar-refractivity contribution in [3.8, 4) is 0 Å². The molecule has 0 spiro atoms. The van der Waals surface area contributed by atoms with Crippen molar-refractivity contribution in [2.45, 2.75) is 12.5 Å². The molecular weight excluding hydrogens is 237 g/mol. The summed E-state index contributed by atoms with van der Waals surface area (Å²) in [4.78, 5) is 1.69. The average molecular weight is 247 g/mol. The number of thiocarbonyl (C=S) groups is 1. The van der Waals surface area contributed by atoms with Gasteiger partial charge in [-0.05, 0) is 6.42 Å². The molecule has 0 radical (unpaired) electrons. The number of sulfone groups is 1. The Balaban J connectivity index is 0.00000144. The van der Waals surface area contributed by atoms with Crippen LogP contribution in [0.5, 0.6) is 0 Å². The minimum absolute atomic E-state index is 0. The third-order valence-electron chi connectivity index (χ3n) is 2.04. The molecule has 1 rings (SSSR count). The van der Waals surface area contributed by atoms with E-state index in [4.69, 9.17) is 24.8 Å². The molecule has 1 fully saturated rings. The summed E-state index contributed by atoms with van der Waals surface area (Å²) in [5, 5.41) is 0. The van der Waals surface area contributed by atoms with Gasteiger partial charge in [-0.2, -0.15) is 0 Å². The van der Waals surface area contributed by atoms with Gasteiger partial charge in [0.1, 0.15) is 0 Å². The van der Waals surface area contributed by atoms with Crippen LogP contribution >= 0.6 is 12.2 Å². The number of nitrogens with zero attached hydrogens (tertiary/aromatic N) is 1. The van der Waals surface area contributed by atoms with Gasteiger partial charge in [-0.25, -0.2) is 8.42 Å². The van der Waals surface area contributed by atoms with Crippen LogP contribution in [0.25, 0.3) is 0 Å². The van der Waals surface area contributed by atoms with E-state index in [-0.39, 0.29) is 47.1 Å². The van der Waals surface area contributed by atoms with Crippen molar-refractivity contribution in [3.05, 3.63) is 0 Å². The molecule has 1 aliphatic rings. The number of hydrogen-bond acceptors (Lipinski definition) is 4. The minimum Gasteiger partial charge on any atom is -0.411 e. The molecule has 1 aliphatic heterocycles. The Morgan fingerprint density at radius 2 is 2.15 bits per heavy atom. The van der Waals surface area contributed by atoms with Gasteiger partial charge in [0.15, 0.2) is 9.84 Å². The van der Waals surface area contributed by atoms with Crippen LogP contribution in [0.4, 0.5) is 0 Å². The average Bonchev–Trinajstić information content (AvgIpc) is 2.28. The monoisotopic (exact) mass is 247 g/mol. The molecular formula is C6H10NNaO2S3. The summed E-state index contributed by atoms with van der Waals surface area (Å²) in [6, 6.07) is -0.000000000000000222. The van der Waals surface area contributed by atoms with Crippen molar-refractivity contribution in [3.63, 3.8) is 0 Å². The maximum Gasteiger partial charge on any atom is 1.00 e. The van der Waals surface area contributed by atoms with E-state index in [2.05, 4.69) is 0 Å². The largest absolute Gasteiger partial charge is 1.00 e. The normalized spacial score (nSPS) is 24.8. The second kappa shape index (κ2) is 5.23. The van der Waals surface area contributed by atoms with E-state index in [1.54, 1.807) is 11.9 Å². The quantitative estimate of drug-likeness (QED) is 0.279. The van der Waals surface area contributed by atoms with E-state index in [0.717, 1.165) is 0 Å². The van der Waals surface area contributed by atoms with Crippen molar-refractivity contribution in [2.75, 3.05) is 18.6 Å². The molecule has 1 heterocycles. The van der Waals surface area contributed by atoms with Gasteiger partial charge in [-0.15, -0.1) is 0 Å². The standard InChI is InChI=1S/C6H11NO2S3.Na/c1-7(6(10)11)5-2-3-12(8,9)4-5;/h5H,2-4H2,1H3,(H,10,11);/q;+1/p-1. The predicted octanol–water partition coefficient (Wildman–Crippen LogP) is -3.06. The van der Waals surface area contributed by atoms with Crippen molar-refractivity contribution >= 4 is 39.0 Å². The second-order valence-electron chi connectivity index (χ2n) is 2.93. The first-order chi connectivity index (χ1) is 5.42. The van der Waals surface area contributed by atoms with Gasteiger partial charge < -0.3 is 29.7 Å². The van der Waals surface area contributed by atoms with E-state index in [1.807, 2.05) is 0 Å². The van der Waals surface area contributed by atoms with Crippen LogP contribution < -0.4 is 29.6 Å². The first kappa shape index (κ1) is 14.1. The van der Waals surface area contributed by atoms with Crippen LogP contribution in [0, 0.1) is 0 Å². The van der Waals surface area contributed by atoms with E-state index >= 15 is 0 Å². The molecule has 7 heteroatoms. The molecule has 0 saturated carbocycles. The SMILES string of the molecule is CN(C(=S)[S-])C1CCS(=O)(=O)C1.[Na+]. The zero-order valence-electron chi connectivity index (χ0n) is 7.69. The Hall–Kier alpha value is 1.06. The summed E-state index contributed by atoms with van der Waals surface area (Å²) in [6.45, 7) is 0. The third kappa shape index (κ3) is 3.97. The van der Waals surface area contributed by atoms with Gasteiger partial charge in [0.05, 0.1) is 11.5 Å². The van der Waals surface area contributed by atoms with E-state index in [1.165, 1.54) is 0 Å². The molecule has 1 saturated heterocycles. The van der Waals surface area contributed by atoms with Gasteiger partial charge >= 0.3 is 29.6 Å². The smallest absolute Gasteiger partial charge is 0.411 e. The third-order valence-corrected chi connectivity index (χ3v) is 4.37. The summed E-state index contributed by atoms with van der Waals surface area (Å²) >= 11 is 9.55. The van der Waals surface area contributed by atoms with Crippen LogP contribution in [-0.4, -0.2) is 42.2 Å². The van der Waals surface area contributed by atoms with Crippen molar-refractivity contribution in [2.24, 2.45) is 0 Å². The minimum atomic E-state index is -2.82. The van der Waals surface area contributed by atoms with Crippen LogP contribution in [-0.2, 0) is 22.5 Å². The maximum atomic E-state index is 11.1. The first-order valence-electron chi connectivity index (χ1n) is 3.56. The second-order valence-corrected chi connectivity index (χ2v) is 6.19. The zero-order valence-corrected chi connectivity index (χ0v) is 12.1. The Bertz CT molecular complexity index is 290. The fraction of sp³-hybridized carbons (Fsp3) is 0.833. The van der Waals surface area contributed by atoms with Crippen LogP contribution in [0.15, 0.2) is 0 Å².